The molecule has 2 aromatic rings. The predicted molar refractivity (Wildman–Crippen MR) is 81.7 cm³/mol. The molecule has 0 radical (unpaired) electrons. The Hall–Kier alpha value is -1.16. The number of aryl methyl sites for hydroxylation is 1. The minimum absolute atomic E-state index is 0.582. The van der Waals surface area contributed by atoms with Crippen LogP contribution in [0.3, 0.4) is 0 Å². The summed E-state index contributed by atoms with van der Waals surface area (Å²) >= 11 is 3.52. The standard InChI is InChI=1S/C16H18BrNO/c1-12-8-13(9-18)6-7-14(12)10-19-11-15-4-2-3-5-16(15)17/h2-8H,9-11,18H2,1H3. The fraction of sp³-hybridized carbons (Fsp3) is 0.250. The molecule has 0 heterocycles. The molecule has 0 bridgehead atoms. The molecular formula is C16H18BrNO. The maximum Gasteiger partial charge on any atom is 0.0732 e. The van der Waals surface area contributed by atoms with Crippen LogP contribution in [-0.4, -0.2) is 0 Å². The summed E-state index contributed by atoms with van der Waals surface area (Å²) in [6, 6.07) is 14.4. The van der Waals surface area contributed by atoms with Crippen molar-refractivity contribution in [2.45, 2.75) is 26.7 Å². The van der Waals surface area contributed by atoms with Crippen LogP contribution in [0.2, 0.25) is 0 Å². The first kappa shape index (κ1) is 14.3. The van der Waals surface area contributed by atoms with E-state index < -0.39 is 0 Å². The lowest BCUT2D eigenvalue weighted by molar-refractivity contribution is 0.106. The number of ether oxygens (including phenoxy) is 1. The highest BCUT2D eigenvalue weighted by Crippen LogP contribution is 2.18. The van der Waals surface area contributed by atoms with Gasteiger partial charge < -0.3 is 10.5 Å². The molecule has 0 aliphatic carbocycles. The van der Waals surface area contributed by atoms with E-state index >= 15 is 0 Å². The molecule has 0 saturated heterocycles. The Morgan fingerprint density at radius 3 is 2.47 bits per heavy atom. The predicted octanol–water partition coefficient (Wildman–Crippen LogP) is 3.93. The smallest absolute Gasteiger partial charge is 0.0732 e. The summed E-state index contributed by atoms with van der Waals surface area (Å²) in [5.41, 5.74) is 10.4. The molecule has 0 aliphatic heterocycles. The minimum atomic E-state index is 0.582. The molecular weight excluding hydrogens is 302 g/mol. The van der Waals surface area contributed by atoms with Crippen LogP contribution in [-0.2, 0) is 24.5 Å². The first-order chi connectivity index (χ1) is 9.20. The van der Waals surface area contributed by atoms with Crippen LogP contribution >= 0.6 is 15.9 Å². The van der Waals surface area contributed by atoms with Gasteiger partial charge in [-0.25, -0.2) is 0 Å². The summed E-state index contributed by atoms with van der Waals surface area (Å²) in [5.74, 6) is 0. The Balaban J connectivity index is 1.94. The van der Waals surface area contributed by atoms with Crippen LogP contribution in [0.1, 0.15) is 22.3 Å². The van der Waals surface area contributed by atoms with Crippen molar-refractivity contribution < 1.29 is 4.74 Å². The molecule has 2 aromatic carbocycles. The highest BCUT2D eigenvalue weighted by Gasteiger charge is 2.02. The molecule has 0 aromatic heterocycles. The molecule has 3 heteroatoms. The molecule has 0 aliphatic rings. The highest BCUT2D eigenvalue weighted by atomic mass is 79.9. The van der Waals surface area contributed by atoms with Crippen molar-refractivity contribution in [3.8, 4) is 0 Å². The number of rotatable bonds is 5. The second-order valence-corrected chi connectivity index (χ2v) is 5.40. The summed E-state index contributed by atoms with van der Waals surface area (Å²) in [4.78, 5) is 0. The SMILES string of the molecule is Cc1cc(CN)ccc1COCc1ccccc1Br. The molecule has 2 rings (SSSR count). The van der Waals surface area contributed by atoms with Crippen molar-refractivity contribution in [3.05, 3.63) is 69.2 Å². The lowest BCUT2D eigenvalue weighted by atomic mass is 10.1. The van der Waals surface area contributed by atoms with Gasteiger partial charge in [-0.1, -0.05) is 52.3 Å². The van der Waals surface area contributed by atoms with E-state index in [2.05, 4.69) is 47.1 Å². The second kappa shape index (κ2) is 6.85. The topological polar surface area (TPSA) is 35.2 Å². The fourth-order valence-corrected chi connectivity index (χ4v) is 2.33. The van der Waals surface area contributed by atoms with E-state index in [-0.39, 0.29) is 0 Å². The van der Waals surface area contributed by atoms with Crippen LogP contribution in [0.15, 0.2) is 46.9 Å². The first-order valence-electron chi connectivity index (χ1n) is 6.30. The number of hydrogen-bond donors (Lipinski definition) is 1. The van der Waals surface area contributed by atoms with E-state index in [1.807, 2.05) is 18.2 Å². The molecule has 19 heavy (non-hydrogen) atoms. The maximum atomic E-state index is 5.78. The quantitative estimate of drug-likeness (QED) is 0.906. The fourth-order valence-electron chi connectivity index (χ4n) is 1.93. The average Bonchev–Trinajstić information content (AvgIpc) is 2.42. The summed E-state index contributed by atoms with van der Waals surface area (Å²) in [6.07, 6.45) is 0. The van der Waals surface area contributed by atoms with E-state index in [0.29, 0.717) is 19.8 Å². The largest absolute Gasteiger partial charge is 0.372 e. The monoisotopic (exact) mass is 319 g/mol. The van der Waals surface area contributed by atoms with Gasteiger partial charge in [0.05, 0.1) is 13.2 Å². The summed E-state index contributed by atoms with van der Waals surface area (Å²) in [6.45, 7) is 3.91. The van der Waals surface area contributed by atoms with Gasteiger partial charge in [0.15, 0.2) is 0 Å². The Bertz CT molecular complexity index is 554. The third-order valence-corrected chi connectivity index (χ3v) is 3.89. The molecule has 2 nitrogen and oxygen atoms in total. The van der Waals surface area contributed by atoms with Gasteiger partial charge in [-0.05, 0) is 35.2 Å². The molecule has 0 unspecified atom stereocenters. The van der Waals surface area contributed by atoms with Crippen LogP contribution in [0.25, 0.3) is 0 Å². The Morgan fingerprint density at radius 2 is 1.79 bits per heavy atom. The molecule has 0 fully saturated rings. The summed E-state index contributed by atoms with van der Waals surface area (Å²) < 4.78 is 6.87. The van der Waals surface area contributed by atoms with Gasteiger partial charge in [0, 0.05) is 11.0 Å². The van der Waals surface area contributed by atoms with Gasteiger partial charge in [-0.2, -0.15) is 0 Å². The normalized spacial score (nSPS) is 10.7. The zero-order chi connectivity index (χ0) is 13.7. The van der Waals surface area contributed by atoms with E-state index in [4.69, 9.17) is 10.5 Å². The zero-order valence-electron chi connectivity index (χ0n) is 11.0. The maximum absolute atomic E-state index is 5.78. The number of hydrogen-bond acceptors (Lipinski definition) is 2. The average molecular weight is 320 g/mol. The van der Waals surface area contributed by atoms with Crippen LogP contribution < -0.4 is 5.73 Å². The van der Waals surface area contributed by atoms with Gasteiger partial charge in [0.1, 0.15) is 0 Å². The molecule has 0 spiro atoms. The minimum Gasteiger partial charge on any atom is -0.372 e. The molecule has 100 valence electrons. The van der Waals surface area contributed by atoms with E-state index in [1.54, 1.807) is 0 Å². The van der Waals surface area contributed by atoms with Gasteiger partial charge in [-0.15, -0.1) is 0 Å². The van der Waals surface area contributed by atoms with Gasteiger partial charge >= 0.3 is 0 Å². The van der Waals surface area contributed by atoms with E-state index in [1.165, 1.54) is 16.7 Å². The van der Waals surface area contributed by atoms with Crippen LogP contribution in [0.5, 0.6) is 0 Å². The lowest BCUT2D eigenvalue weighted by Crippen LogP contribution is -2.00. The van der Waals surface area contributed by atoms with Crippen LogP contribution in [0.4, 0.5) is 0 Å². The van der Waals surface area contributed by atoms with Crippen molar-refractivity contribution in [2.75, 3.05) is 0 Å². The molecule has 0 saturated carbocycles. The van der Waals surface area contributed by atoms with Crippen molar-refractivity contribution in [1.82, 2.24) is 0 Å². The first-order valence-corrected chi connectivity index (χ1v) is 7.09. The second-order valence-electron chi connectivity index (χ2n) is 4.55. The Kier molecular flexibility index (Phi) is 5.14. The van der Waals surface area contributed by atoms with Crippen molar-refractivity contribution in [3.63, 3.8) is 0 Å². The third-order valence-electron chi connectivity index (χ3n) is 3.12. The highest BCUT2D eigenvalue weighted by molar-refractivity contribution is 9.10. The molecule has 2 N–H and O–H groups in total. The van der Waals surface area contributed by atoms with Crippen molar-refractivity contribution >= 4 is 15.9 Å². The van der Waals surface area contributed by atoms with Gasteiger partial charge in [-0.3, -0.25) is 0 Å². The van der Waals surface area contributed by atoms with Gasteiger partial charge in [0.2, 0.25) is 0 Å². The summed E-state index contributed by atoms with van der Waals surface area (Å²) in [5, 5.41) is 0. The number of benzene rings is 2. The Labute approximate surface area is 122 Å². The molecule has 0 atom stereocenters. The van der Waals surface area contributed by atoms with Gasteiger partial charge in [0.25, 0.3) is 0 Å². The van der Waals surface area contributed by atoms with Crippen LogP contribution in [0, 0.1) is 6.92 Å². The Morgan fingerprint density at radius 1 is 1.05 bits per heavy atom. The third kappa shape index (κ3) is 3.90. The number of halogens is 1. The van der Waals surface area contributed by atoms with E-state index in [9.17, 15) is 0 Å². The van der Waals surface area contributed by atoms with E-state index in [0.717, 1.165) is 10.0 Å². The zero-order valence-corrected chi connectivity index (χ0v) is 12.6. The molecule has 0 amide bonds. The number of nitrogens with two attached hydrogens (primary N) is 1. The summed E-state index contributed by atoms with van der Waals surface area (Å²) in [7, 11) is 0. The van der Waals surface area contributed by atoms with Crippen molar-refractivity contribution in [2.24, 2.45) is 5.73 Å². The lowest BCUT2D eigenvalue weighted by Gasteiger charge is -2.09. The van der Waals surface area contributed by atoms with Crippen molar-refractivity contribution in [1.29, 1.82) is 0 Å².